The predicted octanol–water partition coefficient (Wildman–Crippen LogP) is 2.77. The smallest absolute Gasteiger partial charge is 0.0701 e. The molecule has 0 radical (unpaired) electrons. The molecule has 1 fully saturated rings. The lowest BCUT2D eigenvalue weighted by atomic mass is 10.1. The number of nitrogens with one attached hydrogen (secondary N) is 2. The Balaban J connectivity index is 1.31. The molecule has 0 aromatic carbocycles. The van der Waals surface area contributed by atoms with Crippen LogP contribution in [0.5, 0.6) is 0 Å². The van der Waals surface area contributed by atoms with Crippen LogP contribution in [-0.2, 0) is 9.47 Å². The van der Waals surface area contributed by atoms with Crippen LogP contribution in [-0.4, -0.2) is 45.6 Å². The molecular weight excluding hydrogens is 276 g/mol. The van der Waals surface area contributed by atoms with Crippen LogP contribution in [0, 0.1) is 0 Å². The molecule has 4 heteroatoms. The van der Waals surface area contributed by atoms with Crippen molar-refractivity contribution in [3.05, 3.63) is 23.9 Å². The average molecular weight is 308 g/mol. The molecule has 0 aliphatic heterocycles. The molecule has 0 saturated heterocycles. The average Bonchev–Trinajstić information content (AvgIpc) is 2.92. The molecule has 2 N–H and O–H groups in total. The van der Waals surface area contributed by atoms with E-state index in [0.29, 0.717) is 19.3 Å². The van der Waals surface area contributed by atoms with E-state index in [2.05, 4.69) is 28.9 Å². The van der Waals surface area contributed by atoms with Crippen LogP contribution in [0.4, 0.5) is 0 Å². The fourth-order valence-corrected chi connectivity index (χ4v) is 3.00. The van der Waals surface area contributed by atoms with Gasteiger partial charge in [-0.15, -0.1) is 0 Å². The van der Waals surface area contributed by atoms with Gasteiger partial charge in [0.25, 0.3) is 0 Å². The van der Waals surface area contributed by atoms with Crippen molar-refractivity contribution in [1.29, 1.82) is 0 Å². The molecule has 4 nitrogen and oxygen atoms in total. The predicted molar refractivity (Wildman–Crippen MR) is 91.0 cm³/mol. The van der Waals surface area contributed by atoms with Gasteiger partial charge >= 0.3 is 0 Å². The molecule has 0 atom stereocenters. The zero-order valence-corrected chi connectivity index (χ0v) is 13.8. The van der Waals surface area contributed by atoms with Crippen LogP contribution < -0.4 is 10.6 Å². The molecule has 0 aromatic heterocycles. The summed E-state index contributed by atoms with van der Waals surface area (Å²) in [6.45, 7) is 4.74. The molecule has 22 heavy (non-hydrogen) atoms. The summed E-state index contributed by atoms with van der Waals surface area (Å²) in [5.74, 6) is 0. The normalized spacial score (nSPS) is 19.2. The Morgan fingerprint density at radius 3 is 2.32 bits per heavy atom. The summed E-state index contributed by atoms with van der Waals surface area (Å²) >= 11 is 0. The van der Waals surface area contributed by atoms with Crippen LogP contribution in [0.2, 0.25) is 0 Å². The van der Waals surface area contributed by atoms with Crippen molar-refractivity contribution in [2.45, 2.75) is 51.0 Å². The van der Waals surface area contributed by atoms with Gasteiger partial charge in [0.1, 0.15) is 0 Å². The van der Waals surface area contributed by atoms with Gasteiger partial charge < -0.3 is 20.1 Å². The third kappa shape index (κ3) is 7.97. The lowest BCUT2D eigenvalue weighted by Gasteiger charge is -2.16. The van der Waals surface area contributed by atoms with E-state index >= 15 is 0 Å². The Hall–Kier alpha value is -0.840. The highest BCUT2D eigenvalue weighted by molar-refractivity contribution is 5.21. The summed E-state index contributed by atoms with van der Waals surface area (Å²) in [7, 11) is 0. The highest BCUT2D eigenvalue weighted by Crippen LogP contribution is 2.16. The highest BCUT2D eigenvalue weighted by atomic mass is 16.5. The van der Waals surface area contributed by atoms with Gasteiger partial charge in [0, 0.05) is 31.2 Å². The number of ether oxygens (including phenoxy) is 2. The lowest BCUT2D eigenvalue weighted by molar-refractivity contribution is 0.0496. The van der Waals surface area contributed by atoms with Gasteiger partial charge in [0.05, 0.1) is 26.4 Å². The molecule has 0 aromatic rings. The van der Waals surface area contributed by atoms with Crippen LogP contribution in [0.1, 0.15) is 44.9 Å². The summed E-state index contributed by atoms with van der Waals surface area (Å²) in [4.78, 5) is 0. The van der Waals surface area contributed by atoms with Gasteiger partial charge in [-0.05, 0) is 18.9 Å². The maximum Gasteiger partial charge on any atom is 0.0701 e. The van der Waals surface area contributed by atoms with E-state index in [9.17, 15) is 0 Å². The second-order valence-electron chi connectivity index (χ2n) is 6.12. The van der Waals surface area contributed by atoms with Gasteiger partial charge in [0.2, 0.25) is 0 Å². The second kappa shape index (κ2) is 11.7. The number of hydrogen-bond acceptors (Lipinski definition) is 4. The lowest BCUT2D eigenvalue weighted by Crippen LogP contribution is -2.31. The largest absolute Gasteiger partial charge is 0.386 e. The second-order valence-corrected chi connectivity index (χ2v) is 6.12. The zero-order chi connectivity index (χ0) is 15.3. The summed E-state index contributed by atoms with van der Waals surface area (Å²) < 4.78 is 11.2. The number of hydrogen-bond donors (Lipinski definition) is 2. The monoisotopic (exact) mass is 308 g/mol. The first-order chi connectivity index (χ1) is 10.9. The quantitative estimate of drug-likeness (QED) is 0.455. The van der Waals surface area contributed by atoms with Crippen molar-refractivity contribution >= 4 is 0 Å². The van der Waals surface area contributed by atoms with Gasteiger partial charge in [-0.1, -0.05) is 37.8 Å². The Morgan fingerprint density at radius 2 is 1.64 bits per heavy atom. The first-order valence-corrected chi connectivity index (χ1v) is 8.93. The van der Waals surface area contributed by atoms with Gasteiger partial charge in [-0.25, -0.2) is 0 Å². The molecule has 0 unspecified atom stereocenters. The third-order valence-corrected chi connectivity index (χ3v) is 4.28. The van der Waals surface area contributed by atoms with E-state index in [1.54, 1.807) is 0 Å². The third-order valence-electron chi connectivity index (χ3n) is 4.28. The Bertz CT molecular complexity index is 334. The topological polar surface area (TPSA) is 42.5 Å². The van der Waals surface area contributed by atoms with E-state index in [1.807, 2.05) is 0 Å². The van der Waals surface area contributed by atoms with Crippen molar-refractivity contribution in [2.24, 2.45) is 0 Å². The van der Waals surface area contributed by atoms with Crippen molar-refractivity contribution < 1.29 is 9.47 Å². The minimum absolute atomic E-state index is 0.683. The standard InChI is InChI=1S/C18H32N2O2/c1-2-4-8-17(7-3-1)19-11-13-21-15-16-22-14-12-20-18-9-5-6-10-18/h5-6,9,17,19-20H,1-4,7-8,10-16H2. The van der Waals surface area contributed by atoms with Crippen LogP contribution >= 0.6 is 0 Å². The van der Waals surface area contributed by atoms with Gasteiger partial charge in [-0.2, -0.15) is 0 Å². The number of allylic oxidation sites excluding steroid dienone is 3. The molecule has 2 aliphatic carbocycles. The maximum absolute atomic E-state index is 5.61. The molecule has 0 heterocycles. The van der Waals surface area contributed by atoms with Crippen molar-refractivity contribution in [2.75, 3.05) is 39.5 Å². The molecule has 0 spiro atoms. The Kier molecular flexibility index (Phi) is 9.31. The minimum atomic E-state index is 0.683. The summed E-state index contributed by atoms with van der Waals surface area (Å²) in [6.07, 6.45) is 15.6. The van der Waals surface area contributed by atoms with Crippen LogP contribution in [0.3, 0.4) is 0 Å². The molecule has 0 amide bonds. The fraction of sp³-hybridized carbons (Fsp3) is 0.778. The first kappa shape index (κ1) is 17.5. The number of rotatable bonds is 11. The van der Waals surface area contributed by atoms with E-state index in [4.69, 9.17) is 9.47 Å². The van der Waals surface area contributed by atoms with E-state index < -0.39 is 0 Å². The SMILES string of the molecule is C1=CCC(NCCOCCOCCNC2CCCCCC2)=C1. The molecular formula is C18H32N2O2. The molecule has 2 rings (SSSR count). The van der Waals surface area contributed by atoms with Crippen LogP contribution in [0.25, 0.3) is 0 Å². The fourth-order valence-electron chi connectivity index (χ4n) is 3.00. The summed E-state index contributed by atoms with van der Waals surface area (Å²) in [5, 5.41) is 6.97. The highest BCUT2D eigenvalue weighted by Gasteiger charge is 2.10. The molecule has 1 saturated carbocycles. The van der Waals surface area contributed by atoms with E-state index in [0.717, 1.165) is 32.7 Å². The van der Waals surface area contributed by atoms with Gasteiger partial charge in [-0.3, -0.25) is 0 Å². The Labute approximate surface area is 135 Å². The molecule has 2 aliphatic rings. The maximum atomic E-state index is 5.61. The first-order valence-electron chi connectivity index (χ1n) is 8.93. The van der Waals surface area contributed by atoms with E-state index in [1.165, 1.54) is 44.2 Å². The summed E-state index contributed by atoms with van der Waals surface area (Å²) in [6, 6.07) is 0.716. The van der Waals surface area contributed by atoms with Crippen molar-refractivity contribution in [3.8, 4) is 0 Å². The van der Waals surface area contributed by atoms with Gasteiger partial charge in [0.15, 0.2) is 0 Å². The summed E-state index contributed by atoms with van der Waals surface area (Å²) in [5.41, 5.74) is 1.28. The van der Waals surface area contributed by atoms with E-state index in [-0.39, 0.29) is 0 Å². The Morgan fingerprint density at radius 1 is 0.909 bits per heavy atom. The minimum Gasteiger partial charge on any atom is -0.386 e. The molecule has 126 valence electrons. The zero-order valence-electron chi connectivity index (χ0n) is 13.8. The van der Waals surface area contributed by atoms with Crippen LogP contribution in [0.15, 0.2) is 23.9 Å². The van der Waals surface area contributed by atoms with Crippen molar-refractivity contribution in [3.63, 3.8) is 0 Å². The molecule has 0 bridgehead atoms. The van der Waals surface area contributed by atoms with Crippen molar-refractivity contribution in [1.82, 2.24) is 10.6 Å².